The first-order chi connectivity index (χ1) is 11.4. The van der Waals surface area contributed by atoms with Gasteiger partial charge in [-0.05, 0) is 38.5 Å². The van der Waals surface area contributed by atoms with E-state index in [4.69, 9.17) is 9.47 Å². The molecule has 5 nitrogen and oxygen atoms in total. The van der Waals surface area contributed by atoms with Crippen LogP contribution in [0.4, 0.5) is 0 Å². The quantitative estimate of drug-likeness (QED) is 0.310. The van der Waals surface area contributed by atoms with Gasteiger partial charge in [-0.15, -0.1) is 0 Å². The van der Waals surface area contributed by atoms with Gasteiger partial charge in [0.05, 0.1) is 13.2 Å². The van der Waals surface area contributed by atoms with Gasteiger partial charge in [-0.25, -0.2) is 0 Å². The van der Waals surface area contributed by atoms with Crippen molar-refractivity contribution in [3.8, 4) is 0 Å². The highest BCUT2D eigenvalue weighted by Gasteiger charge is 2.13. The van der Waals surface area contributed by atoms with Gasteiger partial charge in [-0.3, -0.25) is 4.99 Å². The fourth-order valence-electron chi connectivity index (χ4n) is 2.99. The van der Waals surface area contributed by atoms with E-state index in [9.17, 15) is 0 Å². The first kappa shape index (κ1) is 20.2. The van der Waals surface area contributed by atoms with E-state index >= 15 is 0 Å². The van der Waals surface area contributed by atoms with E-state index in [2.05, 4.69) is 22.5 Å². The van der Waals surface area contributed by atoms with Gasteiger partial charge in [0.1, 0.15) is 0 Å². The van der Waals surface area contributed by atoms with Crippen LogP contribution in [0.5, 0.6) is 0 Å². The van der Waals surface area contributed by atoms with Crippen molar-refractivity contribution in [2.45, 2.75) is 58.3 Å². The zero-order valence-corrected chi connectivity index (χ0v) is 15.2. The maximum atomic E-state index is 5.46. The normalized spacial score (nSPS) is 16.0. The Morgan fingerprint density at radius 1 is 1.04 bits per heavy atom. The van der Waals surface area contributed by atoms with Crippen LogP contribution in [-0.2, 0) is 9.47 Å². The first-order valence-corrected chi connectivity index (χ1v) is 9.45. The van der Waals surface area contributed by atoms with E-state index in [-0.39, 0.29) is 0 Å². The second kappa shape index (κ2) is 14.8. The lowest BCUT2D eigenvalue weighted by atomic mass is 10.0. The Hall–Kier alpha value is -0.810. The Morgan fingerprint density at radius 3 is 2.61 bits per heavy atom. The lowest BCUT2D eigenvalue weighted by molar-refractivity contribution is 0.0689. The van der Waals surface area contributed by atoms with Gasteiger partial charge in [0.25, 0.3) is 0 Å². The molecular weight excluding hydrogens is 290 g/mol. The van der Waals surface area contributed by atoms with Crippen molar-refractivity contribution < 1.29 is 9.47 Å². The fraction of sp³-hybridized carbons (Fsp3) is 0.944. The molecule has 1 fully saturated rings. The van der Waals surface area contributed by atoms with E-state index in [0.717, 1.165) is 51.0 Å². The van der Waals surface area contributed by atoms with Crippen molar-refractivity contribution >= 4 is 5.96 Å². The van der Waals surface area contributed by atoms with Crippen LogP contribution in [0, 0.1) is 5.92 Å². The van der Waals surface area contributed by atoms with Gasteiger partial charge in [0, 0.05) is 33.4 Å². The number of unbranched alkanes of at least 4 members (excludes halogenated alkanes) is 1. The number of nitrogens with one attached hydrogen (secondary N) is 2. The Kier molecular flexibility index (Phi) is 13.0. The van der Waals surface area contributed by atoms with Crippen molar-refractivity contribution in [2.24, 2.45) is 10.9 Å². The van der Waals surface area contributed by atoms with Gasteiger partial charge in [-0.1, -0.05) is 25.7 Å². The maximum absolute atomic E-state index is 5.46. The maximum Gasteiger partial charge on any atom is 0.191 e. The monoisotopic (exact) mass is 327 g/mol. The van der Waals surface area contributed by atoms with Gasteiger partial charge >= 0.3 is 0 Å². The smallest absolute Gasteiger partial charge is 0.191 e. The predicted molar refractivity (Wildman–Crippen MR) is 97.1 cm³/mol. The summed E-state index contributed by atoms with van der Waals surface area (Å²) < 4.78 is 10.4. The molecule has 1 saturated carbocycles. The Labute approximate surface area is 142 Å². The van der Waals surface area contributed by atoms with Gasteiger partial charge < -0.3 is 20.1 Å². The van der Waals surface area contributed by atoms with Crippen LogP contribution >= 0.6 is 0 Å². The molecule has 0 bridgehead atoms. The number of ether oxygens (including phenoxy) is 2. The molecule has 0 aromatic carbocycles. The largest absolute Gasteiger partial charge is 0.382 e. The van der Waals surface area contributed by atoms with Gasteiger partial charge in [0.2, 0.25) is 0 Å². The molecule has 0 unspecified atom stereocenters. The second-order valence-electron chi connectivity index (χ2n) is 6.29. The third-order valence-corrected chi connectivity index (χ3v) is 4.30. The highest BCUT2D eigenvalue weighted by atomic mass is 16.5. The summed E-state index contributed by atoms with van der Waals surface area (Å²) in [6, 6.07) is 0. The third-order valence-electron chi connectivity index (χ3n) is 4.30. The molecular formula is C18H37N3O2. The fourth-order valence-corrected chi connectivity index (χ4v) is 2.99. The summed E-state index contributed by atoms with van der Waals surface area (Å²) in [6.45, 7) is 7.08. The Balaban J connectivity index is 2.02. The topological polar surface area (TPSA) is 54.9 Å². The number of guanidine groups is 1. The average Bonchev–Trinajstić information content (AvgIpc) is 3.07. The Morgan fingerprint density at radius 2 is 1.87 bits per heavy atom. The molecule has 0 aromatic rings. The predicted octanol–water partition coefficient (Wildman–Crippen LogP) is 2.96. The number of rotatable bonds is 13. The molecule has 1 rings (SSSR count). The molecule has 23 heavy (non-hydrogen) atoms. The van der Waals surface area contributed by atoms with Crippen molar-refractivity contribution in [3.05, 3.63) is 0 Å². The van der Waals surface area contributed by atoms with E-state index in [1.54, 1.807) is 7.11 Å². The summed E-state index contributed by atoms with van der Waals surface area (Å²) in [6.07, 6.45) is 10.5. The van der Waals surface area contributed by atoms with Crippen LogP contribution < -0.4 is 10.6 Å². The molecule has 0 spiro atoms. The number of methoxy groups -OCH3 is 1. The third kappa shape index (κ3) is 11.4. The minimum Gasteiger partial charge on any atom is -0.382 e. The number of hydrogen-bond donors (Lipinski definition) is 2. The van der Waals surface area contributed by atoms with Gasteiger partial charge in [-0.2, -0.15) is 0 Å². The zero-order chi connectivity index (χ0) is 16.6. The molecule has 0 aromatic heterocycles. The Bertz CT molecular complexity index is 292. The van der Waals surface area contributed by atoms with Crippen LogP contribution in [0.2, 0.25) is 0 Å². The number of hydrogen-bond acceptors (Lipinski definition) is 3. The van der Waals surface area contributed by atoms with Crippen molar-refractivity contribution in [1.82, 2.24) is 10.6 Å². The minimum atomic E-state index is 0.677. The van der Waals surface area contributed by atoms with Crippen LogP contribution in [0.3, 0.4) is 0 Å². The van der Waals surface area contributed by atoms with E-state index in [0.29, 0.717) is 13.2 Å². The standard InChI is InChI=1S/C18H37N3O2/c1-3-19-18(20-12-6-7-14-23-16-15-22-2)21-13-8-11-17-9-4-5-10-17/h17H,3-16H2,1-2H3,(H2,19,20,21). The van der Waals surface area contributed by atoms with Crippen LogP contribution in [0.25, 0.3) is 0 Å². The average molecular weight is 328 g/mol. The SMILES string of the molecule is CCNC(=NCCCC1CCCC1)NCCCCOCCOC. The number of nitrogens with zero attached hydrogens (tertiary/aromatic N) is 1. The molecule has 1 aliphatic carbocycles. The highest BCUT2D eigenvalue weighted by Crippen LogP contribution is 2.28. The lowest BCUT2D eigenvalue weighted by Gasteiger charge is -2.12. The highest BCUT2D eigenvalue weighted by molar-refractivity contribution is 5.79. The minimum absolute atomic E-state index is 0.677. The van der Waals surface area contributed by atoms with Crippen molar-refractivity contribution in [3.63, 3.8) is 0 Å². The van der Waals surface area contributed by atoms with Crippen LogP contribution in [-0.4, -0.2) is 52.5 Å². The second-order valence-corrected chi connectivity index (χ2v) is 6.29. The summed E-state index contributed by atoms with van der Waals surface area (Å²) in [5, 5.41) is 6.73. The zero-order valence-electron chi connectivity index (χ0n) is 15.2. The summed E-state index contributed by atoms with van der Waals surface area (Å²) in [7, 11) is 1.70. The number of aliphatic imine (C=N–C) groups is 1. The molecule has 0 aliphatic heterocycles. The first-order valence-electron chi connectivity index (χ1n) is 9.45. The molecule has 136 valence electrons. The molecule has 0 amide bonds. The molecule has 0 saturated heterocycles. The lowest BCUT2D eigenvalue weighted by Crippen LogP contribution is -2.38. The summed E-state index contributed by atoms with van der Waals surface area (Å²) in [5.41, 5.74) is 0. The molecule has 1 aliphatic rings. The van der Waals surface area contributed by atoms with Crippen LogP contribution in [0.15, 0.2) is 4.99 Å². The van der Waals surface area contributed by atoms with Crippen molar-refractivity contribution in [2.75, 3.05) is 46.6 Å². The molecule has 5 heteroatoms. The summed E-state index contributed by atoms with van der Waals surface area (Å²) >= 11 is 0. The molecule has 0 atom stereocenters. The van der Waals surface area contributed by atoms with Crippen LogP contribution in [0.1, 0.15) is 58.3 Å². The molecule has 0 heterocycles. The van der Waals surface area contributed by atoms with E-state index < -0.39 is 0 Å². The summed E-state index contributed by atoms with van der Waals surface area (Å²) in [5.74, 6) is 1.93. The van der Waals surface area contributed by atoms with Gasteiger partial charge in [0.15, 0.2) is 5.96 Å². The van der Waals surface area contributed by atoms with Crippen molar-refractivity contribution in [1.29, 1.82) is 0 Å². The molecule has 0 radical (unpaired) electrons. The summed E-state index contributed by atoms with van der Waals surface area (Å²) in [4.78, 5) is 4.68. The molecule has 2 N–H and O–H groups in total. The van der Waals surface area contributed by atoms with E-state index in [1.807, 2.05) is 0 Å². The van der Waals surface area contributed by atoms with E-state index in [1.165, 1.54) is 38.5 Å².